The first-order chi connectivity index (χ1) is 8.69. The standard InChI is InChI=1S/C15H25N3/c1-12-6-4-8-14(17-12)11-18(3)10-13-7-5-9-15(13)16-2/h4,6,8,13,15-16H,5,7,9-11H2,1-3H3. The summed E-state index contributed by atoms with van der Waals surface area (Å²) in [7, 11) is 4.29. The van der Waals surface area contributed by atoms with Crippen molar-refractivity contribution >= 4 is 0 Å². The summed E-state index contributed by atoms with van der Waals surface area (Å²) in [4.78, 5) is 6.97. The fourth-order valence-electron chi connectivity index (χ4n) is 3.06. The lowest BCUT2D eigenvalue weighted by Crippen LogP contribution is -2.36. The van der Waals surface area contributed by atoms with Crippen LogP contribution in [0.5, 0.6) is 0 Å². The molecular formula is C15H25N3. The first kappa shape index (κ1) is 13.5. The largest absolute Gasteiger partial charge is 0.317 e. The van der Waals surface area contributed by atoms with Gasteiger partial charge in [-0.05, 0) is 51.9 Å². The first-order valence-corrected chi connectivity index (χ1v) is 6.97. The fraction of sp³-hybridized carbons (Fsp3) is 0.667. The molecule has 0 bridgehead atoms. The Balaban J connectivity index is 1.86. The third kappa shape index (κ3) is 3.53. The Morgan fingerprint density at radius 3 is 2.94 bits per heavy atom. The van der Waals surface area contributed by atoms with Gasteiger partial charge in [0.1, 0.15) is 0 Å². The van der Waals surface area contributed by atoms with Crippen molar-refractivity contribution in [2.45, 2.75) is 38.8 Å². The van der Waals surface area contributed by atoms with E-state index in [4.69, 9.17) is 0 Å². The molecule has 0 spiro atoms. The molecule has 2 atom stereocenters. The van der Waals surface area contributed by atoms with Crippen LogP contribution in [-0.2, 0) is 6.54 Å². The van der Waals surface area contributed by atoms with E-state index < -0.39 is 0 Å². The van der Waals surface area contributed by atoms with Crippen LogP contribution in [0.25, 0.3) is 0 Å². The Morgan fingerprint density at radius 2 is 2.22 bits per heavy atom. The number of aryl methyl sites for hydroxylation is 1. The molecule has 1 saturated carbocycles. The molecule has 0 saturated heterocycles. The highest BCUT2D eigenvalue weighted by Crippen LogP contribution is 2.26. The van der Waals surface area contributed by atoms with Crippen molar-refractivity contribution in [3.8, 4) is 0 Å². The van der Waals surface area contributed by atoms with E-state index in [1.807, 2.05) is 0 Å². The van der Waals surface area contributed by atoms with Gasteiger partial charge in [-0.1, -0.05) is 12.5 Å². The quantitative estimate of drug-likeness (QED) is 0.864. The lowest BCUT2D eigenvalue weighted by Gasteiger charge is -2.25. The molecule has 2 rings (SSSR count). The van der Waals surface area contributed by atoms with Gasteiger partial charge in [0.25, 0.3) is 0 Å². The molecule has 0 aliphatic heterocycles. The van der Waals surface area contributed by atoms with Crippen molar-refractivity contribution in [2.24, 2.45) is 5.92 Å². The van der Waals surface area contributed by atoms with Gasteiger partial charge in [-0.15, -0.1) is 0 Å². The van der Waals surface area contributed by atoms with Crippen LogP contribution in [0.4, 0.5) is 0 Å². The Kier molecular flexibility index (Phi) is 4.72. The molecule has 18 heavy (non-hydrogen) atoms. The minimum atomic E-state index is 0.706. The van der Waals surface area contributed by atoms with E-state index in [9.17, 15) is 0 Å². The van der Waals surface area contributed by atoms with E-state index in [0.29, 0.717) is 6.04 Å². The van der Waals surface area contributed by atoms with Crippen LogP contribution in [0, 0.1) is 12.8 Å². The van der Waals surface area contributed by atoms with E-state index in [1.54, 1.807) is 0 Å². The number of hydrogen-bond acceptors (Lipinski definition) is 3. The van der Waals surface area contributed by atoms with Crippen LogP contribution in [0.3, 0.4) is 0 Å². The molecule has 3 nitrogen and oxygen atoms in total. The zero-order chi connectivity index (χ0) is 13.0. The number of hydrogen-bond donors (Lipinski definition) is 1. The Hall–Kier alpha value is -0.930. The summed E-state index contributed by atoms with van der Waals surface area (Å²) in [6.07, 6.45) is 4.06. The van der Waals surface area contributed by atoms with Gasteiger partial charge in [0.05, 0.1) is 5.69 Å². The summed E-state index contributed by atoms with van der Waals surface area (Å²) < 4.78 is 0. The summed E-state index contributed by atoms with van der Waals surface area (Å²) in [6.45, 7) is 4.17. The molecule has 3 heteroatoms. The highest BCUT2D eigenvalue weighted by molar-refractivity contribution is 5.09. The normalized spacial score (nSPS) is 23.8. The van der Waals surface area contributed by atoms with E-state index >= 15 is 0 Å². The van der Waals surface area contributed by atoms with E-state index in [0.717, 1.165) is 18.2 Å². The smallest absolute Gasteiger partial charge is 0.0547 e. The molecular weight excluding hydrogens is 222 g/mol. The van der Waals surface area contributed by atoms with Gasteiger partial charge in [-0.3, -0.25) is 4.98 Å². The molecule has 1 fully saturated rings. The molecule has 0 radical (unpaired) electrons. The fourth-order valence-corrected chi connectivity index (χ4v) is 3.06. The summed E-state index contributed by atoms with van der Waals surface area (Å²) in [6, 6.07) is 6.97. The van der Waals surface area contributed by atoms with Gasteiger partial charge in [-0.2, -0.15) is 0 Å². The zero-order valence-electron chi connectivity index (χ0n) is 11.8. The van der Waals surface area contributed by atoms with Crippen molar-refractivity contribution in [3.63, 3.8) is 0 Å². The van der Waals surface area contributed by atoms with Crippen LogP contribution in [-0.4, -0.2) is 36.6 Å². The van der Waals surface area contributed by atoms with Crippen molar-refractivity contribution < 1.29 is 0 Å². The van der Waals surface area contributed by atoms with Gasteiger partial charge in [-0.25, -0.2) is 0 Å². The van der Waals surface area contributed by atoms with Gasteiger partial charge in [0, 0.05) is 24.8 Å². The average molecular weight is 247 g/mol. The highest BCUT2D eigenvalue weighted by Gasteiger charge is 2.26. The van der Waals surface area contributed by atoms with Gasteiger partial charge in [0.2, 0.25) is 0 Å². The number of nitrogens with zero attached hydrogens (tertiary/aromatic N) is 2. The lowest BCUT2D eigenvalue weighted by molar-refractivity contribution is 0.246. The third-order valence-electron chi connectivity index (χ3n) is 3.95. The predicted octanol–water partition coefficient (Wildman–Crippen LogP) is 2.21. The van der Waals surface area contributed by atoms with Gasteiger partial charge in [0.15, 0.2) is 0 Å². The molecule has 100 valence electrons. The molecule has 1 aliphatic carbocycles. The molecule has 0 amide bonds. The number of rotatable bonds is 5. The first-order valence-electron chi connectivity index (χ1n) is 6.97. The number of pyridine rings is 1. The maximum Gasteiger partial charge on any atom is 0.0547 e. The monoisotopic (exact) mass is 247 g/mol. The molecule has 0 aromatic carbocycles. The minimum Gasteiger partial charge on any atom is -0.317 e. The summed E-state index contributed by atoms with van der Waals surface area (Å²) in [5, 5.41) is 3.45. The van der Waals surface area contributed by atoms with Crippen molar-refractivity contribution in [1.82, 2.24) is 15.2 Å². The third-order valence-corrected chi connectivity index (χ3v) is 3.95. The summed E-state index contributed by atoms with van der Waals surface area (Å²) >= 11 is 0. The van der Waals surface area contributed by atoms with E-state index in [2.05, 4.69) is 54.4 Å². The topological polar surface area (TPSA) is 28.2 Å². The molecule has 1 heterocycles. The maximum atomic E-state index is 4.57. The van der Waals surface area contributed by atoms with Crippen molar-refractivity contribution in [1.29, 1.82) is 0 Å². The van der Waals surface area contributed by atoms with Gasteiger partial charge < -0.3 is 10.2 Å². The number of nitrogens with one attached hydrogen (secondary N) is 1. The zero-order valence-corrected chi connectivity index (χ0v) is 11.8. The van der Waals surface area contributed by atoms with Gasteiger partial charge >= 0.3 is 0 Å². The average Bonchev–Trinajstić information content (AvgIpc) is 2.76. The van der Waals surface area contributed by atoms with E-state index in [1.165, 1.54) is 31.5 Å². The van der Waals surface area contributed by atoms with Crippen LogP contribution < -0.4 is 5.32 Å². The minimum absolute atomic E-state index is 0.706. The van der Waals surface area contributed by atoms with Crippen LogP contribution in [0.1, 0.15) is 30.7 Å². The summed E-state index contributed by atoms with van der Waals surface area (Å²) in [5.74, 6) is 0.796. The second-order valence-corrected chi connectivity index (χ2v) is 5.55. The molecule has 1 N–H and O–H groups in total. The summed E-state index contributed by atoms with van der Waals surface area (Å²) in [5.41, 5.74) is 2.28. The number of aromatic nitrogens is 1. The van der Waals surface area contributed by atoms with Crippen LogP contribution in [0.2, 0.25) is 0 Å². The Labute approximate surface area is 111 Å². The molecule has 1 aliphatic rings. The molecule has 2 unspecified atom stereocenters. The van der Waals surface area contributed by atoms with Crippen molar-refractivity contribution in [3.05, 3.63) is 29.6 Å². The predicted molar refractivity (Wildman–Crippen MR) is 75.5 cm³/mol. The van der Waals surface area contributed by atoms with Crippen LogP contribution in [0.15, 0.2) is 18.2 Å². The molecule has 1 aromatic heterocycles. The van der Waals surface area contributed by atoms with E-state index in [-0.39, 0.29) is 0 Å². The van der Waals surface area contributed by atoms with Crippen LogP contribution >= 0.6 is 0 Å². The molecule has 1 aromatic rings. The second kappa shape index (κ2) is 6.30. The highest BCUT2D eigenvalue weighted by atomic mass is 15.1. The SMILES string of the molecule is CNC1CCCC1CN(C)Cc1cccc(C)n1. The lowest BCUT2D eigenvalue weighted by atomic mass is 10.0. The Bertz CT molecular complexity index is 378. The maximum absolute atomic E-state index is 4.57. The second-order valence-electron chi connectivity index (χ2n) is 5.55. The van der Waals surface area contributed by atoms with Crippen molar-refractivity contribution in [2.75, 3.05) is 20.6 Å². The Morgan fingerprint density at radius 1 is 1.39 bits per heavy atom.